The Balaban J connectivity index is 1.37. The monoisotopic (exact) mass is 414 g/mol. The number of ether oxygens (including phenoxy) is 2. The summed E-state index contributed by atoms with van der Waals surface area (Å²) in [6.45, 7) is 1.28. The second kappa shape index (κ2) is 8.93. The van der Waals surface area contributed by atoms with Crippen molar-refractivity contribution in [2.75, 3.05) is 26.8 Å². The lowest BCUT2D eigenvalue weighted by Crippen LogP contribution is -2.41. The molecule has 1 aromatic carbocycles. The predicted octanol–water partition coefficient (Wildman–Crippen LogP) is 2.49. The lowest BCUT2D eigenvalue weighted by atomic mass is 9.95. The highest BCUT2D eigenvalue weighted by molar-refractivity contribution is 5.78. The van der Waals surface area contributed by atoms with Crippen LogP contribution in [0.25, 0.3) is 0 Å². The number of piperidine rings is 1. The van der Waals surface area contributed by atoms with Crippen LogP contribution in [0.4, 0.5) is 0 Å². The average molecular weight is 415 g/mol. The predicted molar refractivity (Wildman–Crippen MR) is 112 cm³/mol. The number of nitrogens with zero attached hydrogens (tertiary/aromatic N) is 4. The van der Waals surface area contributed by atoms with Crippen molar-refractivity contribution in [2.24, 2.45) is 7.05 Å². The fraction of sp³-hybridized carbons (Fsp3) is 0.591. The number of amides is 1. The number of aromatic nitrogens is 3. The Morgan fingerprint density at radius 2 is 1.77 bits per heavy atom. The minimum atomic E-state index is -0.0337. The van der Waals surface area contributed by atoms with E-state index in [2.05, 4.69) is 5.10 Å². The minimum Gasteiger partial charge on any atom is -0.493 e. The van der Waals surface area contributed by atoms with Gasteiger partial charge in [0.05, 0.1) is 7.11 Å². The number of hydrogen-bond acceptors (Lipinski definition) is 5. The summed E-state index contributed by atoms with van der Waals surface area (Å²) >= 11 is 0. The number of carbonyl (C=O) groups is 1. The lowest BCUT2D eigenvalue weighted by Gasteiger charge is -2.32. The molecule has 0 N–H and O–H groups in total. The van der Waals surface area contributed by atoms with Crippen molar-refractivity contribution in [3.63, 3.8) is 0 Å². The second-order valence-corrected chi connectivity index (χ2v) is 8.17. The van der Waals surface area contributed by atoms with E-state index in [1.165, 1.54) is 17.5 Å². The molecular weight excluding hydrogens is 384 g/mol. The van der Waals surface area contributed by atoms with Gasteiger partial charge in [-0.05, 0) is 37.8 Å². The van der Waals surface area contributed by atoms with E-state index in [4.69, 9.17) is 9.47 Å². The minimum absolute atomic E-state index is 0.0125. The zero-order valence-corrected chi connectivity index (χ0v) is 17.7. The third-order valence-electron chi connectivity index (χ3n) is 6.31. The summed E-state index contributed by atoms with van der Waals surface area (Å²) in [6.07, 6.45) is 6.06. The Morgan fingerprint density at radius 3 is 2.43 bits per heavy atom. The van der Waals surface area contributed by atoms with Gasteiger partial charge in [0.25, 0.3) is 5.91 Å². The van der Waals surface area contributed by atoms with Gasteiger partial charge in [-0.1, -0.05) is 25.0 Å². The van der Waals surface area contributed by atoms with E-state index in [-0.39, 0.29) is 30.2 Å². The van der Waals surface area contributed by atoms with Crippen LogP contribution in [0.3, 0.4) is 0 Å². The molecule has 0 bridgehead atoms. The molecular formula is C22H30N4O4. The molecule has 2 fully saturated rings. The zero-order chi connectivity index (χ0) is 21.1. The van der Waals surface area contributed by atoms with Crippen molar-refractivity contribution >= 4 is 5.91 Å². The Morgan fingerprint density at radius 1 is 1.10 bits per heavy atom. The lowest BCUT2D eigenvalue weighted by molar-refractivity contribution is -0.134. The van der Waals surface area contributed by atoms with Crippen molar-refractivity contribution < 1.29 is 14.3 Å². The molecule has 1 aliphatic heterocycles. The van der Waals surface area contributed by atoms with Crippen LogP contribution in [-0.4, -0.2) is 52.0 Å². The van der Waals surface area contributed by atoms with Gasteiger partial charge in [-0.25, -0.2) is 9.48 Å². The van der Waals surface area contributed by atoms with Gasteiger partial charge in [0.15, 0.2) is 18.1 Å². The Bertz CT molecular complexity index is 937. The number of carbonyl (C=O) groups excluding carboxylic acids is 1. The molecule has 0 atom stereocenters. The first kappa shape index (κ1) is 20.5. The molecule has 162 valence electrons. The fourth-order valence-corrected chi connectivity index (χ4v) is 4.64. The van der Waals surface area contributed by atoms with E-state index in [1.807, 2.05) is 27.7 Å². The first-order valence-corrected chi connectivity index (χ1v) is 10.8. The average Bonchev–Trinajstić information content (AvgIpc) is 3.40. The molecule has 1 aliphatic carbocycles. The van der Waals surface area contributed by atoms with E-state index in [0.29, 0.717) is 24.6 Å². The normalized spacial score (nSPS) is 18.0. The zero-order valence-electron chi connectivity index (χ0n) is 17.7. The van der Waals surface area contributed by atoms with E-state index in [1.54, 1.807) is 20.2 Å². The van der Waals surface area contributed by atoms with Gasteiger partial charge in [-0.15, -0.1) is 0 Å². The SMILES string of the molecule is COc1ccccc1OCC(=O)N1CCC(c2nn(C)c(=O)n2C2CCCC2)CC1. The van der Waals surface area contributed by atoms with Crippen LogP contribution in [0.15, 0.2) is 29.1 Å². The third-order valence-corrected chi connectivity index (χ3v) is 6.31. The number of likely N-dealkylation sites (tertiary alicyclic amines) is 1. The highest BCUT2D eigenvalue weighted by Gasteiger charge is 2.31. The number of benzene rings is 1. The van der Waals surface area contributed by atoms with Gasteiger partial charge in [0.2, 0.25) is 0 Å². The molecule has 1 amide bonds. The molecule has 4 rings (SSSR count). The van der Waals surface area contributed by atoms with Crippen LogP contribution < -0.4 is 15.2 Å². The largest absolute Gasteiger partial charge is 0.493 e. The fourth-order valence-electron chi connectivity index (χ4n) is 4.64. The molecule has 8 heteroatoms. The van der Waals surface area contributed by atoms with E-state index in [9.17, 15) is 9.59 Å². The Kier molecular flexibility index (Phi) is 6.11. The summed E-state index contributed by atoms with van der Waals surface area (Å²) in [5.41, 5.74) is -0.0133. The molecule has 1 saturated carbocycles. The summed E-state index contributed by atoms with van der Waals surface area (Å²) in [5.74, 6) is 2.25. The third kappa shape index (κ3) is 4.08. The molecule has 2 heterocycles. The molecule has 0 radical (unpaired) electrons. The molecule has 2 aliphatic rings. The van der Waals surface area contributed by atoms with Crippen LogP contribution in [0, 0.1) is 0 Å². The number of para-hydroxylation sites is 2. The summed E-state index contributed by atoms with van der Waals surface area (Å²) in [4.78, 5) is 27.1. The highest BCUT2D eigenvalue weighted by Crippen LogP contribution is 2.33. The Hall–Kier alpha value is -2.77. The van der Waals surface area contributed by atoms with E-state index in [0.717, 1.165) is 31.5 Å². The van der Waals surface area contributed by atoms with Gasteiger partial charge >= 0.3 is 5.69 Å². The molecule has 2 aromatic rings. The number of rotatable bonds is 6. The summed E-state index contributed by atoms with van der Waals surface area (Å²) in [5, 5.41) is 4.57. The van der Waals surface area contributed by atoms with Crippen molar-refractivity contribution in [2.45, 2.75) is 50.5 Å². The van der Waals surface area contributed by atoms with E-state index < -0.39 is 0 Å². The van der Waals surface area contributed by atoms with Crippen molar-refractivity contribution in [1.82, 2.24) is 19.2 Å². The van der Waals surface area contributed by atoms with Gasteiger partial charge in [0, 0.05) is 32.1 Å². The van der Waals surface area contributed by atoms with E-state index >= 15 is 0 Å². The quantitative estimate of drug-likeness (QED) is 0.726. The first-order chi connectivity index (χ1) is 14.6. The van der Waals surface area contributed by atoms with Crippen molar-refractivity contribution in [1.29, 1.82) is 0 Å². The molecule has 1 aromatic heterocycles. The van der Waals surface area contributed by atoms with Gasteiger partial charge in [0.1, 0.15) is 5.82 Å². The van der Waals surface area contributed by atoms with Crippen molar-refractivity contribution in [3.05, 3.63) is 40.6 Å². The van der Waals surface area contributed by atoms with Crippen molar-refractivity contribution in [3.8, 4) is 11.5 Å². The maximum absolute atomic E-state index is 12.6. The van der Waals surface area contributed by atoms with Crippen LogP contribution in [0.1, 0.15) is 56.3 Å². The second-order valence-electron chi connectivity index (χ2n) is 8.17. The summed E-state index contributed by atoms with van der Waals surface area (Å²) < 4.78 is 14.3. The van der Waals surface area contributed by atoms with Crippen LogP contribution in [0.5, 0.6) is 11.5 Å². The van der Waals surface area contributed by atoms with Crippen LogP contribution in [0.2, 0.25) is 0 Å². The molecule has 0 spiro atoms. The van der Waals surface area contributed by atoms with Gasteiger partial charge in [-0.2, -0.15) is 5.10 Å². The standard InChI is InChI=1S/C22H30N4O4/c1-24-22(28)26(17-7-3-4-8-17)21(23-24)16-11-13-25(14-12-16)20(27)15-30-19-10-6-5-9-18(19)29-2/h5-6,9-10,16-17H,3-4,7-8,11-15H2,1-2H3. The molecule has 0 unspecified atom stereocenters. The number of methoxy groups -OCH3 is 1. The summed E-state index contributed by atoms with van der Waals surface area (Å²) in [6, 6.07) is 7.59. The maximum Gasteiger partial charge on any atom is 0.345 e. The maximum atomic E-state index is 12.6. The van der Waals surface area contributed by atoms with Gasteiger partial charge in [-0.3, -0.25) is 9.36 Å². The highest BCUT2D eigenvalue weighted by atomic mass is 16.5. The Labute approximate surface area is 176 Å². The van der Waals surface area contributed by atoms with Crippen LogP contribution >= 0.6 is 0 Å². The first-order valence-electron chi connectivity index (χ1n) is 10.8. The molecule has 1 saturated heterocycles. The van der Waals surface area contributed by atoms with Gasteiger partial charge < -0.3 is 14.4 Å². The summed E-state index contributed by atoms with van der Waals surface area (Å²) in [7, 11) is 3.31. The number of hydrogen-bond donors (Lipinski definition) is 0. The van der Waals surface area contributed by atoms with Crippen LogP contribution in [-0.2, 0) is 11.8 Å². The smallest absolute Gasteiger partial charge is 0.345 e. The topological polar surface area (TPSA) is 78.6 Å². The number of aryl methyl sites for hydroxylation is 1. The molecule has 30 heavy (non-hydrogen) atoms. The molecule has 8 nitrogen and oxygen atoms in total.